The molecule has 0 spiro atoms. The van der Waals surface area contributed by atoms with E-state index >= 15 is 0 Å². The minimum Gasteiger partial charge on any atom is -0.341 e. The smallest absolute Gasteiger partial charge is 0.224 e. The normalized spacial score (nSPS) is 18.9. The molecule has 1 N–H and O–H groups in total. The maximum Gasteiger partial charge on any atom is 0.224 e. The molecule has 0 aliphatic carbocycles. The van der Waals surface area contributed by atoms with E-state index in [4.69, 9.17) is 0 Å². The molecule has 6 heteroatoms. The molecule has 1 heterocycles. The third-order valence-electron chi connectivity index (χ3n) is 3.68. The van der Waals surface area contributed by atoms with Gasteiger partial charge in [0.05, 0.1) is 0 Å². The molecule has 1 saturated heterocycles. The van der Waals surface area contributed by atoms with Crippen molar-refractivity contribution in [1.29, 1.82) is 0 Å². The van der Waals surface area contributed by atoms with Gasteiger partial charge in [-0.2, -0.15) is 0 Å². The fourth-order valence-electron chi connectivity index (χ4n) is 2.45. The lowest BCUT2D eigenvalue weighted by Gasteiger charge is -2.19. The fraction of sp³-hybridized carbons (Fsp3) is 0.533. The molecule has 1 aromatic rings. The first-order valence-corrected chi connectivity index (χ1v) is 8.52. The number of carbonyl (C=O) groups is 1. The Morgan fingerprint density at radius 2 is 2.05 bits per heavy atom. The standard InChI is InChI=1S/C15H22N2O2S.ClH/c1-17(15(18)10-13-4-3-9-16-13)11-12-5-7-14(8-6-12)20(2)19;/h5-8,13,16H,3-4,9-11H2,1-2H3;1H. The van der Waals surface area contributed by atoms with E-state index in [1.807, 2.05) is 31.3 Å². The molecule has 118 valence electrons. The Morgan fingerprint density at radius 3 is 2.57 bits per heavy atom. The number of amides is 1. The molecular weight excluding hydrogens is 308 g/mol. The van der Waals surface area contributed by atoms with Crippen molar-refractivity contribution in [3.05, 3.63) is 29.8 Å². The first-order chi connectivity index (χ1) is 9.56. The summed E-state index contributed by atoms with van der Waals surface area (Å²) in [5.41, 5.74) is 1.06. The van der Waals surface area contributed by atoms with Crippen LogP contribution < -0.4 is 5.32 Å². The highest BCUT2D eigenvalue weighted by Gasteiger charge is 2.19. The molecule has 1 aromatic carbocycles. The first-order valence-electron chi connectivity index (χ1n) is 6.96. The van der Waals surface area contributed by atoms with Crippen LogP contribution in [0.1, 0.15) is 24.8 Å². The number of carbonyl (C=O) groups excluding carboxylic acids is 1. The highest BCUT2D eigenvalue weighted by Crippen LogP contribution is 2.13. The molecule has 4 nitrogen and oxygen atoms in total. The molecule has 0 aromatic heterocycles. The van der Waals surface area contributed by atoms with Gasteiger partial charge in [0.15, 0.2) is 0 Å². The second-order valence-corrected chi connectivity index (χ2v) is 6.72. The van der Waals surface area contributed by atoms with Crippen LogP contribution in [0.25, 0.3) is 0 Å². The van der Waals surface area contributed by atoms with Crippen LogP contribution in [0.15, 0.2) is 29.2 Å². The van der Waals surface area contributed by atoms with Crippen molar-refractivity contribution in [1.82, 2.24) is 10.2 Å². The third kappa shape index (κ3) is 5.41. The number of nitrogens with one attached hydrogen (secondary N) is 1. The molecule has 1 aliphatic heterocycles. The van der Waals surface area contributed by atoms with Gasteiger partial charge in [0.2, 0.25) is 5.91 Å². The minimum absolute atomic E-state index is 0. The predicted octanol–water partition coefficient (Wildman–Crippen LogP) is 1.95. The summed E-state index contributed by atoms with van der Waals surface area (Å²) in [4.78, 5) is 14.7. The lowest BCUT2D eigenvalue weighted by Crippen LogP contribution is -2.33. The van der Waals surface area contributed by atoms with E-state index in [0.29, 0.717) is 19.0 Å². The molecule has 21 heavy (non-hydrogen) atoms. The van der Waals surface area contributed by atoms with Crippen LogP contribution >= 0.6 is 12.4 Å². The average molecular weight is 331 g/mol. The van der Waals surface area contributed by atoms with Gasteiger partial charge in [-0.1, -0.05) is 12.1 Å². The van der Waals surface area contributed by atoms with Crippen molar-refractivity contribution in [2.45, 2.75) is 36.7 Å². The lowest BCUT2D eigenvalue weighted by molar-refractivity contribution is -0.130. The van der Waals surface area contributed by atoms with Crippen LogP contribution in [-0.4, -0.2) is 40.9 Å². The zero-order valence-corrected chi connectivity index (χ0v) is 14.1. The summed E-state index contributed by atoms with van der Waals surface area (Å²) in [5, 5.41) is 3.34. The Morgan fingerprint density at radius 1 is 1.38 bits per heavy atom. The van der Waals surface area contributed by atoms with Crippen molar-refractivity contribution < 1.29 is 9.00 Å². The summed E-state index contributed by atoms with van der Waals surface area (Å²) >= 11 is 0. The van der Waals surface area contributed by atoms with E-state index in [1.54, 1.807) is 11.2 Å². The van der Waals surface area contributed by atoms with Gasteiger partial charge in [-0.15, -0.1) is 12.4 Å². The van der Waals surface area contributed by atoms with Gasteiger partial charge in [-0.3, -0.25) is 9.00 Å². The number of hydrogen-bond acceptors (Lipinski definition) is 3. The number of halogens is 1. The third-order valence-corrected chi connectivity index (χ3v) is 4.62. The quantitative estimate of drug-likeness (QED) is 0.897. The second-order valence-electron chi connectivity index (χ2n) is 5.35. The minimum atomic E-state index is -0.951. The largest absolute Gasteiger partial charge is 0.341 e. The molecule has 2 atom stereocenters. The average Bonchev–Trinajstić information content (AvgIpc) is 2.92. The van der Waals surface area contributed by atoms with Crippen molar-refractivity contribution in [2.24, 2.45) is 0 Å². The van der Waals surface area contributed by atoms with Crippen LogP contribution in [0, 0.1) is 0 Å². The summed E-state index contributed by atoms with van der Waals surface area (Å²) in [6.45, 7) is 1.62. The highest BCUT2D eigenvalue weighted by atomic mass is 35.5. The lowest BCUT2D eigenvalue weighted by atomic mass is 10.1. The van der Waals surface area contributed by atoms with E-state index in [9.17, 15) is 9.00 Å². The van der Waals surface area contributed by atoms with E-state index in [-0.39, 0.29) is 18.3 Å². The van der Waals surface area contributed by atoms with Gasteiger partial charge in [0.1, 0.15) is 0 Å². The maximum absolute atomic E-state index is 12.1. The molecule has 0 bridgehead atoms. The highest BCUT2D eigenvalue weighted by molar-refractivity contribution is 7.84. The van der Waals surface area contributed by atoms with E-state index in [0.717, 1.165) is 29.8 Å². The fourth-order valence-corrected chi connectivity index (χ4v) is 2.97. The van der Waals surface area contributed by atoms with Crippen LogP contribution in [0.4, 0.5) is 0 Å². The number of nitrogens with zero attached hydrogens (tertiary/aromatic N) is 1. The number of rotatable bonds is 5. The topological polar surface area (TPSA) is 49.4 Å². The van der Waals surface area contributed by atoms with Crippen molar-refractivity contribution in [2.75, 3.05) is 19.8 Å². The van der Waals surface area contributed by atoms with Gasteiger partial charge in [-0.05, 0) is 37.1 Å². The molecule has 1 fully saturated rings. The summed E-state index contributed by atoms with van der Waals surface area (Å²) < 4.78 is 11.3. The number of hydrogen-bond donors (Lipinski definition) is 1. The summed E-state index contributed by atoms with van der Waals surface area (Å²) in [6, 6.07) is 7.95. The molecule has 0 saturated carbocycles. The summed E-state index contributed by atoms with van der Waals surface area (Å²) in [6.07, 6.45) is 4.50. The van der Waals surface area contributed by atoms with Gasteiger partial charge in [0.25, 0.3) is 0 Å². The molecule has 0 radical (unpaired) electrons. The van der Waals surface area contributed by atoms with Crippen LogP contribution in [0.2, 0.25) is 0 Å². The summed E-state index contributed by atoms with van der Waals surface area (Å²) in [5.74, 6) is 0.174. The monoisotopic (exact) mass is 330 g/mol. The molecule has 2 unspecified atom stereocenters. The molecule has 2 rings (SSSR count). The maximum atomic E-state index is 12.1. The van der Waals surface area contributed by atoms with Crippen LogP contribution in [0.3, 0.4) is 0 Å². The van der Waals surface area contributed by atoms with Crippen LogP contribution in [-0.2, 0) is 22.1 Å². The van der Waals surface area contributed by atoms with E-state index in [2.05, 4.69) is 5.32 Å². The van der Waals surface area contributed by atoms with Gasteiger partial charge < -0.3 is 10.2 Å². The van der Waals surface area contributed by atoms with E-state index in [1.165, 1.54) is 0 Å². The Balaban J connectivity index is 0.00000220. The van der Waals surface area contributed by atoms with Gasteiger partial charge >= 0.3 is 0 Å². The molecular formula is C15H23ClN2O2S. The van der Waals surface area contributed by atoms with Gasteiger partial charge in [0, 0.05) is 48.0 Å². The zero-order valence-electron chi connectivity index (χ0n) is 12.5. The Hall–Kier alpha value is -0.910. The van der Waals surface area contributed by atoms with E-state index < -0.39 is 10.8 Å². The van der Waals surface area contributed by atoms with Gasteiger partial charge in [-0.25, -0.2) is 0 Å². The Labute approximate surface area is 135 Å². The van der Waals surface area contributed by atoms with Crippen LogP contribution in [0.5, 0.6) is 0 Å². The van der Waals surface area contributed by atoms with Crippen molar-refractivity contribution >= 4 is 29.1 Å². The molecule has 1 amide bonds. The molecule has 1 aliphatic rings. The first kappa shape index (κ1) is 18.1. The second kappa shape index (κ2) is 8.51. The Bertz CT molecular complexity index is 487. The number of benzene rings is 1. The van der Waals surface area contributed by atoms with Crippen molar-refractivity contribution in [3.8, 4) is 0 Å². The zero-order chi connectivity index (χ0) is 14.5. The SMILES string of the molecule is CN(Cc1ccc(S(C)=O)cc1)C(=O)CC1CCCN1.Cl. The van der Waals surface area contributed by atoms with Crippen molar-refractivity contribution in [3.63, 3.8) is 0 Å². The summed E-state index contributed by atoms with van der Waals surface area (Å²) in [7, 11) is 0.886. The Kier molecular flexibility index (Phi) is 7.35. The predicted molar refractivity (Wildman–Crippen MR) is 88.1 cm³/mol.